The van der Waals surface area contributed by atoms with Crippen LogP contribution < -0.4 is 20.3 Å². The molecule has 0 radical (unpaired) electrons. The van der Waals surface area contributed by atoms with Crippen molar-refractivity contribution in [1.29, 1.82) is 0 Å². The molecule has 0 fully saturated rings. The standard InChI is InChI=1S/C19H18N4O4S/c1-2-23-18(25)13-4-3-7-20-17(13)22-19(23)28-11-16(24)21-12-5-6-14-15(10-12)27-9-8-26-14/h3-7,10H,2,8-9,11H2,1H3,(H,21,24). The van der Waals surface area contributed by atoms with Crippen LogP contribution in [0.5, 0.6) is 11.5 Å². The van der Waals surface area contributed by atoms with E-state index in [1.165, 1.54) is 11.8 Å². The number of carbonyl (C=O) groups is 1. The van der Waals surface area contributed by atoms with Crippen LogP contribution >= 0.6 is 11.8 Å². The average molecular weight is 398 g/mol. The van der Waals surface area contributed by atoms with Gasteiger partial charge in [0.2, 0.25) is 5.91 Å². The van der Waals surface area contributed by atoms with Crippen LogP contribution in [0.3, 0.4) is 0 Å². The van der Waals surface area contributed by atoms with Crippen molar-refractivity contribution in [3.63, 3.8) is 0 Å². The van der Waals surface area contributed by atoms with Crippen LogP contribution in [0.15, 0.2) is 46.5 Å². The first-order valence-electron chi connectivity index (χ1n) is 8.83. The van der Waals surface area contributed by atoms with E-state index in [1.54, 1.807) is 41.1 Å². The topological polar surface area (TPSA) is 95.3 Å². The number of nitrogens with one attached hydrogen (secondary N) is 1. The molecule has 1 N–H and O–H groups in total. The molecule has 1 amide bonds. The third-order valence-corrected chi connectivity index (χ3v) is 5.15. The van der Waals surface area contributed by atoms with E-state index in [9.17, 15) is 9.59 Å². The summed E-state index contributed by atoms with van der Waals surface area (Å²) in [5.74, 6) is 1.18. The van der Waals surface area contributed by atoms with E-state index in [-0.39, 0.29) is 17.2 Å². The van der Waals surface area contributed by atoms with Crippen molar-refractivity contribution in [2.45, 2.75) is 18.6 Å². The number of amides is 1. The molecule has 1 aromatic carbocycles. The molecule has 1 aliphatic heterocycles. The Morgan fingerprint density at radius 3 is 2.89 bits per heavy atom. The molecule has 3 aromatic rings. The quantitative estimate of drug-likeness (QED) is 0.520. The molecule has 0 saturated heterocycles. The summed E-state index contributed by atoms with van der Waals surface area (Å²) < 4.78 is 12.5. The summed E-state index contributed by atoms with van der Waals surface area (Å²) in [5.41, 5.74) is 0.846. The maximum absolute atomic E-state index is 12.6. The predicted molar refractivity (Wildman–Crippen MR) is 106 cm³/mol. The number of nitrogens with zero attached hydrogens (tertiary/aromatic N) is 3. The number of anilines is 1. The summed E-state index contributed by atoms with van der Waals surface area (Å²) in [6, 6.07) is 8.67. The second kappa shape index (κ2) is 7.89. The van der Waals surface area contributed by atoms with Crippen molar-refractivity contribution in [3.05, 3.63) is 46.9 Å². The fourth-order valence-electron chi connectivity index (χ4n) is 2.87. The van der Waals surface area contributed by atoms with Crippen LogP contribution in [0.2, 0.25) is 0 Å². The average Bonchev–Trinajstić information content (AvgIpc) is 2.72. The first-order valence-corrected chi connectivity index (χ1v) is 9.82. The highest BCUT2D eigenvalue weighted by Gasteiger charge is 2.15. The number of ether oxygens (including phenoxy) is 2. The second-order valence-corrected chi connectivity index (χ2v) is 6.96. The molecule has 9 heteroatoms. The van der Waals surface area contributed by atoms with E-state index in [0.29, 0.717) is 53.1 Å². The fraction of sp³-hybridized carbons (Fsp3) is 0.263. The lowest BCUT2D eigenvalue weighted by Crippen LogP contribution is -2.23. The van der Waals surface area contributed by atoms with E-state index < -0.39 is 0 Å². The lowest BCUT2D eigenvalue weighted by Gasteiger charge is -2.19. The van der Waals surface area contributed by atoms with Gasteiger partial charge in [-0.15, -0.1) is 0 Å². The lowest BCUT2D eigenvalue weighted by atomic mass is 10.2. The SMILES string of the molecule is CCn1c(SCC(=O)Nc2ccc3c(c2)OCCO3)nc2ncccc2c1=O. The van der Waals surface area contributed by atoms with Crippen molar-refractivity contribution in [3.8, 4) is 11.5 Å². The number of hydrogen-bond acceptors (Lipinski definition) is 7. The summed E-state index contributed by atoms with van der Waals surface area (Å²) in [4.78, 5) is 33.6. The number of benzene rings is 1. The van der Waals surface area contributed by atoms with E-state index in [2.05, 4.69) is 15.3 Å². The largest absolute Gasteiger partial charge is 0.486 e. The highest BCUT2D eigenvalue weighted by atomic mass is 32.2. The third-order valence-electron chi connectivity index (χ3n) is 4.17. The zero-order chi connectivity index (χ0) is 19.5. The van der Waals surface area contributed by atoms with Gasteiger partial charge in [0, 0.05) is 24.5 Å². The Labute approximate surface area is 164 Å². The van der Waals surface area contributed by atoms with Crippen LogP contribution in [0.25, 0.3) is 11.0 Å². The molecule has 0 spiro atoms. The summed E-state index contributed by atoms with van der Waals surface area (Å²) in [6.07, 6.45) is 1.59. The van der Waals surface area contributed by atoms with Gasteiger partial charge in [0.25, 0.3) is 5.56 Å². The van der Waals surface area contributed by atoms with E-state index in [0.717, 1.165) is 0 Å². The van der Waals surface area contributed by atoms with Gasteiger partial charge in [-0.25, -0.2) is 9.97 Å². The van der Waals surface area contributed by atoms with Crippen molar-refractivity contribution in [2.24, 2.45) is 0 Å². The molecule has 0 saturated carbocycles. The minimum atomic E-state index is -0.209. The maximum Gasteiger partial charge on any atom is 0.263 e. The van der Waals surface area contributed by atoms with Crippen molar-refractivity contribution in [1.82, 2.24) is 14.5 Å². The second-order valence-electron chi connectivity index (χ2n) is 6.01. The third kappa shape index (κ3) is 3.65. The Balaban J connectivity index is 1.48. The van der Waals surface area contributed by atoms with Gasteiger partial charge in [0.15, 0.2) is 22.3 Å². The minimum absolute atomic E-state index is 0.110. The molecule has 0 bridgehead atoms. The molecule has 144 valence electrons. The Morgan fingerprint density at radius 2 is 2.07 bits per heavy atom. The monoisotopic (exact) mass is 398 g/mol. The Hall–Kier alpha value is -3.07. The number of hydrogen-bond donors (Lipinski definition) is 1. The van der Waals surface area contributed by atoms with Crippen LogP contribution in [0, 0.1) is 0 Å². The highest BCUT2D eigenvalue weighted by molar-refractivity contribution is 7.99. The van der Waals surface area contributed by atoms with Crippen LogP contribution in [0.1, 0.15) is 6.92 Å². The van der Waals surface area contributed by atoms with Crippen molar-refractivity contribution >= 4 is 34.4 Å². The molecule has 4 rings (SSSR count). The van der Waals surface area contributed by atoms with Crippen LogP contribution in [0.4, 0.5) is 5.69 Å². The van der Waals surface area contributed by atoms with Gasteiger partial charge in [-0.2, -0.15) is 0 Å². The van der Waals surface area contributed by atoms with Gasteiger partial charge in [-0.1, -0.05) is 11.8 Å². The molecule has 3 heterocycles. The van der Waals surface area contributed by atoms with Crippen molar-refractivity contribution in [2.75, 3.05) is 24.3 Å². The number of fused-ring (bicyclic) bond motifs is 2. The normalized spacial score (nSPS) is 12.8. The summed E-state index contributed by atoms with van der Waals surface area (Å²) in [5, 5.41) is 3.76. The van der Waals surface area contributed by atoms with Crippen LogP contribution in [-0.4, -0.2) is 39.4 Å². The highest BCUT2D eigenvalue weighted by Crippen LogP contribution is 2.32. The lowest BCUT2D eigenvalue weighted by molar-refractivity contribution is -0.113. The Bertz CT molecular complexity index is 1100. The van der Waals surface area contributed by atoms with E-state index in [4.69, 9.17) is 9.47 Å². The first kappa shape index (κ1) is 18.3. The zero-order valence-electron chi connectivity index (χ0n) is 15.2. The first-order chi connectivity index (χ1) is 13.7. The number of carbonyl (C=O) groups excluding carboxylic acids is 1. The Kier molecular flexibility index (Phi) is 5.16. The number of aromatic nitrogens is 3. The number of thioether (sulfide) groups is 1. The van der Waals surface area contributed by atoms with Gasteiger partial charge in [0.1, 0.15) is 13.2 Å². The number of rotatable bonds is 5. The van der Waals surface area contributed by atoms with Gasteiger partial charge in [-0.3, -0.25) is 14.2 Å². The molecule has 0 unspecified atom stereocenters. The molecular weight excluding hydrogens is 380 g/mol. The molecule has 28 heavy (non-hydrogen) atoms. The molecule has 2 aromatic heterocycles. The van der Waals surface area contributed by atoms with Gasteiger partial charge in [-0.05, 0) is 31.2 Å². The summed E-state index contributed by atoms with van der Waals surface area (Å²) >= 11 is 1.20. The summed E-state index contributed by atoms with van der Waals surface area (Å²) in [6.45, 7) is 3.33. The van der Waals surface area contributed by atoms with Gasteiger partial charge < -0.3 is 14.8 Å². The maximum atomic E-state index is 12.6. The van der Waals surface area contributed by atoms with E-state index in [1.807, 2.05) is 6.92 Å². The molecular formula is C19H18N4O4S. The Morgan fingerprint density at radius 1 is 1.25 bits per heavy atom. The minimum Gasteiger partial charge on any atom is -0.486 e. The van der Waals surface area contributed by atoms with Crippen LogP contribution in [-0.2, 0) is 11.3 Å². The summed E-state index contributed by atoms with van der Waals surface area (Å²) in [7, 11) is 0. The van der Waals surface area contributed by atoms with Gasteiger partial charge in [0.05, 0.1) is 11.1 Å². The fourth-order valence-corrected chi connectivity index (χ4v) is 3.72. The predicted octanol–water partition coefficient (Wildman–Crippen LogP) is 2.31. The smallest absolute Gasteiger partial charge is 0.263 e. The molecule has 1 aliphatic rings. The molecule has 0 atom stereocenters. The molecule has 0 aliphatic carbocycles. The van der Waals surface area contributed by atoms with Gasteiger partial charge >= 0.3 is 0 Å². The molecule has 8 nitrogen and oxygen atoms in total. The number of pyridine rings is 1. The van der Waals surface area contributed by atoms with Crippen molar-refractivity contribution < 1.29 is 14.3 Å². The zero-order valence-corrected chi connectivity index (χ0v) is 16.0. The van der Waals surface area contributed by atoms with E-state index >= 15 is 0 Å².